The minimum absolute atomic E-state index is 0.121. The first kappa shape index (κ1) is 17.1. The quantitative estimate of drug-likeness (QED) is 0.685. The Kier molecular flexibility index (Phi) is 4.75. The molecule has 0 unspecified atom stereocenters. The molecule has 9 heteroatoms. The summed E-state index contributed by atoms with van der Waals surface area (Å²) < 4.78 is 81.3. The normalized spacial score (nSPS) is 12.3. The molecule has 1 rings (SSSR count). The van der Waals surface area contributed by atoms with Crippen molar-refractivity contribution < 1.29 is 41.0 Å². The maximum Gasteiger partial charge on any atom is 0.420 e. The fourth-order valence-electron chi connectivity index (χ4n) is 1.76. The van der Waals surface area contributed by atoms with Gasteiger partial charge in [0.15, 0.2) is 0 Å². The molecule has 0 aliphatic heterocycles. The highest BCUT2D eigenvalue weighted by molar-refractivity contribution is 5.73. The Labute approximate surface area is 115 Å². The second-order valence-corrected chi connectivity index (χ2v) is 3.97. The van der Waals surface area contributed by atoms with Gasteiger partial charge >= 0.3 is 18.3 Å². The van der Waals surface area contributed by atoms with E-state index in [-0.39, 0.29) is 6.61 Å². The van der Waals surface area contributed by atoms with E-state index >= 15 is 0 Å². The van der Waals surface area contributed by atoms with Crippen LogP contribution in [0.3, 0.4) is 0 Å². The lowest BCUT2D eigenvalue weighted by Gasteiger charge is -2.20. The Hall–Kier alpha value is -1.93. The molecule has 0 saturated heterocycles. The van der Waals surface area contributed by atoms with Gasteiger partial charge in [0, 0.05) is 0 Å². The Balaban J connectivity index is 3.49. The monoisotopic (exact) mass is 316 g/mol. The minimum Gasteiger partial charge on any atom is -0.507 e. The first-order valence-electron chi connectivity index (χ1n) is 5.63. The number of esters is 1. The molecule has 0 radical (unpaired) electrons. The summed E-state index contributed by atoms with van der Waals surface area (Å²) in [5.74, 6) is -2.65. The van der Waals surface area contributed by atoms with Crippen molar-refractivity contribution in [2.45, 2.75) is 25.7 Å². The van der Waals surface area contributed by atoms with Crippen molar-refractivity contribution in [1.82, 2.24) is 0 Å². The third-order valence-corrected chi connectivity index (χ3v) is 2.48. The molecule has 0 heterocycles. The summed E-state index contributed by atoms with van der Waals surface area (Å²) in [5, 5.41) is 9.12. The van der Waals surface area contributed by atoms with Crippen LogP contribution in [0.5, 0.6) is 5.75 Å². The smallest absolute Gasteiger partial charge is 0.420 e. The summed E-state index contributed by atoms with van der Waals surface area (Å²) >= 11 is 0. The van der Waals surface area contributed by atoms with Gasteiger partial charge in [-0.05, 0) is 18.6 Å². The van der Waals surface area contributed by atoms with E-state index in [2.05, 4.69) is 4.74 Å². The number of phenols is 1. The molecule has 118 valence electrons. The van der Waals surface area contributed by atoms with Gasteiger partial charge in [-0.25, -0.2) is 0 Å². The SMILES string of the molecule is CCOC(=O)Cc1ccc(O)c(C(F)(F)F)c1C(F)(F)F. The van der Waals surface area contributed by atoms with Gasteiger partial charge in [0.2, 0.25) is 0 Å². The molecule has 0 aromatic heterocycles. The van der Waals surface area contributed by atoms with Crippen LogP contribution in [0, 0.1) is 0 Å². The zero-order chi connectivity index (χ0) is 16.4. The number of phenolic OH excluding ortho intramolecular Hbond substituents is 1. The Morgan fingerprint density at radius 3 is 2.05 bits per heavy atom. The number of alkyl halides is 6. The molecule has 0 fully saturated rings. The molecule has 1 aromatic carbocycles. The second-order valence-electron chi connectivity index (χ2n) is 3.97. The van der Waals surface area contributed by atoms with Crippen LogP contribution in [0.4, 0.5) is 26.3 Å². The summed E-state index contributed by atoms with van der Waals surface area (Å²) in [6, 6.07) is 1.08. The first-order chi connectivity index (χ1) is 9.48. The number of benzene rings is 1. The Morgan fingerprint density at radius 1 is 1.10 bits per heavy atom. The number of ether oxygens (including phenoxy) is 1. The minimum atomic E-state index is -5.42. The zero-order valence-corrected chi connectivity index (χ0v) is 10.6. The van der Waals surface area contributed by atoms with Crippen LogP contribution in [0.1, 0.15) is 23.6 Å². The van der Waals surface area contributed by atoms with Crippen LogP contribution in [0.2, 0.25) is 0 Å². The van der Waals surface area contributed by atoms with Crippen molar-refractivity contribution in [3.63, 3.8) is 0 Å². The predicted octanol–water partition coefficient (Wildman–Crippen LogP) is 3.54. The lowest BCUT2D eigenvalue weighted by molar-refractivity contribution is -0.163. The van der Waals surface area contributed by atoms with Gasteiger partial charge in [-0.15, -0.1) is 0 Å². The van der Waals surface area contributed by atoms with Crippen LogP contribution in [0.25, 0.3) is 0 Å². The lowest BCUT2D eigenvalue weighted by atomic mass is 9.96. The summed E-state index contributed by atoms with van der Waals surface area (Å²) in [5.41, 5.74) is -5.20. The van der Waals surface area contributed by atoms with Gasteiger partial charge in [-0.3, -0.25) is 4.79 Å². The van der Waals surface area contributed by atoms with Crippen molar-refractivity contribution in [1.29, 1.82) is 0 Å². The molecule has 0 aliphatic rings. The van der Waals surface area contributed by atoms with Gasteiger partial charge < -0.3 is 9.84 Å². The number of rotatable bonds is 3. The maximum absolute atomic E-state index is 12.9. The summed E-state index contributed by atoms with van der Waals surface area (Å²) in [4.78, 5) is 11.2. The standard InChI is InChI=1S/C12H10F6O3/c1-2-21-8(20)5-6-3-4-7(19)10(12(16,17)18)9(6)11(13,14)15/h3-4,19H,2,5H2,1H3. The molecule has 0 amide bonds. The fourth-order valence-corrected chi connectivity index (χ4v) is 1.76. The predicted molar refractivity (Wildman–Crippen MR) is 58.4 cm³/mol. The molecule has 0 spiro atoms. The van der Waals surface area contributed by atoms with E-state index in [0.717, 1.165) is 0 Å². The number of hydrogen-bond acceptors (Lipinski definition) is 3. The van der Waals surface area contributed by atoms with Crippen LogP contribution in [0.15, 0.2) is 12.1 Å². The van der Waals surface area contributed by atoms with Crippen LogP contribution < -0.4 is 0 Å². The molecular weight excluding hydrogens is 306 g/mol. The molecule has 0 saturated carbocycles. The van der Waals surface area contributed by atoms with Crippen LogP contribution >= 0.6 is 0 Å². The largest absolute Gasteiger partial charge is 0.507 e. The van der Waals surface area contributed by atoms with Gasteiger partial charge in [0.1, 0.15) is 11.3 Å². The molecule has 21 heavy (non-hydrogen) atoms. The number of aromatic hydroxyl groups is 1. The number of carbonyl (C=O) groups is 1. The van der Waals surface area contributed by atoms with Crippen LogP contribution in [-0.4, -0.2) is 17.7 Å². The van der Waals surface area contributed by atoms with E-state index in [4.69, 9.17) is 5.11 Å². The van der Waals surface area contributed by atoms with Gasteiger partial charge in [0.05, 0.1) is 18.6 Å². The van der Waals surface area contributed by atoms with E-state index < -0.39 is 47.2 Å². The number of carbonyl (C=O) groups excluding carboxylic acids is 1. The molecule has 1 N–H and O–H groups in total. The highest BCUT2D eigenvalue weighted by atomic mass is 19.4. The van der Waals surface area contributed by atoms with Gasteiger partial charge in [0.25, 0.3) is 0 Å². The zero-order valence-electron chi connectivity index (χ0n) is 10.6. The van der Waals surface area contributed by atoms with Crippen molar-refractivity contribution in [3.05, 3.63) is 28.8 Å². The molecule has 0 bridgehead atoms. The molecule has 3 nitrogen and oxygen atoms in total. The lowest BCUT2D eigenvalue weighted by Crippen LogP contribution is -2.21. The summed E-state index contributed by atoms with van der Waals surface area (Å²) in [6.45, 7) is 1.28. The second kappa shape index (κ2) is 5.82. The fraction of sp³-hybridized carbons (Fsp3) is 0.417. The number of hydrogen-bond donors (Lipinski definition) is 1. The van der Waals surface area contributed by atoms with Crippen molar-refractivity contribution in [3.8, 4) is 5.75 Å². The molecular formula is C12H10F6O3. The number of halogens is 6. The van der Waals surface area contributed by atoms with Crippen molar-refractivity contribution >= 4 is 5.97 Å². The van der Waals surface area contributed by atoms with Gasteiger partial charge in [-0.1, -0.05) is 6.07 Å². The van der Waals surface area contributed by atoms with Crippen molar-refractivity contribution in [2.24, 2.45) is 0 Å². The third kappa shape index (κ3) is 4.02. The topological polar surface area (TPSA) is 46.5 Å². The molecule has 0 aliphatic carbocycles. The maximum atomic E-state index is 12.9. The van der Waals surface area contributed by atoms with Crippen LogP contribution in [-0.2, 0) is 28.3 Å². The Morgan fingerprint density at radius 2 is 1.62 bits per heavy atom. The van der Waals surface area contributed by atoms with E-state index in [1.807, 2.05) is 0 Å². The highest BCUT2D eigenvalue weighted by Gasteiger charge is 2.47. The van der Waals surface area contributed by atoms with Gasteiger partial charge in [-0.2, -0.15) is 26.3 Å². The average molecular weight is 316 g/mol. The Bertz CT molecular complexity index is 533. The summed E-state index contributed by atoms with van der Waals surface area (Å²) in [6.07, 6.45) is -11.8. The average Bonchev–Trinajstić information content (AvgIpc) is 2.28. The van der Waals surface area contributed by atoms with E-state index in [1.54, 1.807) is 0 Å². The van der Waals surface area contributed by atoms with E-state index in [1.165, 1.54) is 6.92 Å². The third-order valence-electron chi connectivity index (χ3n) is 2.48. The van der Waals surface area contributed by atoms with E-state index in [0.29, 0.717) is 12.1 Å². The van der Waals surface area contributed by atoms with Crippen molar-refractivity contribution in [2.75, 3.05) is 6.61 Å². The first-order valence-corrected chi connectivity index (χ1v) is 5.63. The van der Waals surface area contributed by atoms with E-state index in [9.17, 15) is 31.1 Å². The summed E-state index contributed by atoms with van der Waals surface area (Å²) in [7, 11) is 0. The molecule has 0 atom stereocenters. The highest BCUT2D eigenvalue weighted by Crippen LogP contribution is 2.46. The molecule has 1 aromatic rings.